The Balaban J connectivity index is 1.76. The lowest BCUT2D eigenvalue weighted by molar-refractivity contribution is 0.0845. The molecule has 1 atom stereocenters. The van der Waals surface area contributed by atoms with Crippen molar-refractivity contribution in [1.82, 2.24) is 9.62 Å². The molecule has 0 aromatic heterocycles. The molecular weight excluding hydrogens is 456 g/mol. The number of nitrogens with one attached hydrogen (secondary N) is 1. The summed E-state index contributed by atoms with van der Waals surface area (Å²) in [7, 11) is -2.42. The molecular formula is C25H32N2O6S. The van der Waals surface area contributed by atoms with Gasteiger partial charge in [0.15, 0.2) is 11.5 Å². The number of benzene rings is 2. The molecule has 2 aromatic carbocycles. The molecule has 1 N–H and O–H groups in total. The summed E-state index contributed by atoms with van der Waals surface area (Å²) in [5.74, 6) is 0.198. The number of sulfonamides is 1. The summed E-state index contributed by atoms with van der Waals surface area (Å²) in [5.41, 5.74) is 1.05. The Labute approximate surface area is 201 Å². The van der Waals surface area contributed by atoms with E-state index in [0.29, 0.717) is 18.1 Å². The highest BCUT2D eigenvalue weighted by atomic mass is 32.2. The van der Waals surface area contributed by atoms with Crippen LogP contribution in [0.25, 0.3) is 0 Å². The van der Waals surface area contributed by atoms with Gasteiger partial charge in [0, 0.05) is 11.6 Å². The third kappa shape index (κ3) is 5.04. The van der Waals surface area contributed by atoms with Gasteiger partial charge in [-0.25, -0.2) is 12.7 Å². The lowest BCUT2D eigenvalue weighted by atomic mass is 10.1. The van der Waals surface area contributed by atoms with Gasteiger partial charge in [0.2, 0.25) is 0 Å². The van der Waals surface area contributed by atoms with Gasteiger partial charge < -0.3 is 14.8 Å². The van der Waals surface area contributed by atoms with Crippen LogP contribution >= 0.6 is 0 Å². The molecule has 1 heterocycles. The summed E-state index contributed by atoms with van der Waals surface area (Å²) in [6.07, 6.45) is 3.17. The van der Waals surface area contributed by atoms with Crippen LogP contribution in [0.4, 0.5) is 0 Å². The first-order chi connectivity index (χ1) is 16.1. The topological polar surface area (TPSA) is 102 Å². The van der Waals surface area contributed by atoms with E-state index in [1.807, 2.05) is 25.1 Å². The van der Waals surface area contributed by atoms with Crippen molar-refractivity contribution < 1.29 is 27.5 Å². The molecule has 1 aliphatic heterocycles. The number of amides is 2. The zero-order valence-electron chi connectivity index (χ0n) is 20.3. The summed E-state index contributed by atoms with van der Waals surface area (Å²) in [6, 6.07) is 8.71. The van der Waals surface area contributed by atoms with Crippen LogP contribution in [0.15, 0.2) is 41.3 Å². The number of methoxy groups -OCH3 is 1. The summed E-state index contributed by atoms with van der Waals surface area (Å²) < 4.78 is 37.7. The summed E-state index contributed by atoms with van der Waals surface area (Å²) in [6.45, 7) is 7.82. The molecule has 0 spiro atoms. The van der Waals surface area contributed by atoms with Crippen molar-refractivity contribution in [2.45, 2.75) is 63.9 Å². The molecule has 8 nitrogen and oxygen atoms in total. The SMILES string of the molecule is CCCCCOc1ccc(C(C)NC(=O)c2ccc3c(c2)S(=O)(=O)N(C(C)C)C3=O)cc1OC. The van der Waals surface area contributed by atoms with Crippen molar-refractivity contribution >= 4 is 21.8 Å². The number of nitrogens with zero attached hydrogens (tertiary/aromatic N) is 1. The van der Waals surface area contributed by atoms with Crippen molar-refractivity contribution in [3.63, 3.8) is 0 Å². The Morgan fingerprint density at radius 3 is 2.44 bits per heavy atom. The monoisotopic (exact) mass is 488 g/mol. The highest BCUT2D eigenvalue weighted by Gasteiger charge is 2.43. The van der Waals surface area contributed by atoms with Crippen LogP contribution in [0.3, 0.4) is 0 Å². The number of carbonyl (C=O) groups is 2. The first-order valence-corrected chi connectivity index (χ1v) is 12.9. The number of rotatable bonds is 10. The van der Waals surface area contributed by atoms with E-state index in [1.54, 1.807) is 21.0 Å². The van der Waals surface area contributed by atoms with E-state index in [0.717, 1.165) is 29.1 Å². The summed E-state index contributed by atoms with van der Waals surface area (Å²) in [5, 5.41) is 2.88. The van der Waals surface area contributed by atoms with Crippen LogP contribution < -0.4 is 14.8 Å². The molecule has 184 valence electrons. The van der Waals surface area contributed by atoms with Crippen LogP contribution in [0.1, 0.15) is 79.3 Å². The van der Waals surface area contributed by atoms with E-state index in [9.17, 15) is 18.0 Å². The normalized spacial score (nSPS) is 15.2. The second-order valence-corrected chi connectivity index (χ2v) is 10.4. The van der Waals surface area contributed by atoms with Crippen LogP contribution in [-0.4, -0.2) is 44.3 Å². The fourth-order valence-corrected chi connectivity index (χ4v) is 5.66. The van der Waals surface area contributed by atoms with Crippen LogP contribution in [0, 0.1) is 0 Å². The van der Waals surface area contributed by atoms with Crippen molar-refractivity contribution in [3.05, 3.63) is 53.1 Å². The zero-order valence-corrected chi connectivity index (χ0v) is 21.1. The summed E-state index contributed by atoms with van der Waals surface area (Å²) >= 11 is 0. The van der Waals surface area contributed by atoms with E-state index in [-0.39, 0.29) is 22.1 Å². The van der Waals surface area contributed by atoms with Crippen molar-refractivity contribution in [2.75, 3.05) is 13.7 Å². The fourth-order valence-electron chi connectivity index (χ4n) is 3.87. The molecule has 2 aromatic rings. The first kappa shape index (κ1) is 25.6. The van der Waals surface area contributed by atoms with E-state index in [2.05, 4.69) is 12.2 Å². The van der Waals surface area contributed by atoms with Gasteiger partial charge in [-0.2, -0.15) is 0 Å². The molecule has 2 amide bonds. The maximum Gasteiger partial charge on any atom is 0.269 e. The average molecular weight is 489 g/mol. The Hall–Kier alpha value is -3.07. The zero-order chi connectivity index (χ0) is 25.0. The summed E-state index contributed by atoms with van der Waals surface area (Å²) in [4.78, 5) is 25.3. The third-order valence-electron chi connectivity index (χ3n) is 5.72. The molecule has 9 heteroatoms. The number of carbonyl (C=O) groups excluding carboxylic acids is 2. The highest BCUT2D eigenvalue weighted by Crippen LogP contribution is 2.33. The Kier molecular flexibility index (Phi) is 7.86. The first-order valence-electron chi connectivity index (χ1n) is 11.5. The molecule has 0 bridgehead atoms. The van der Waals surface area contributed by atoms with Crippen LogP contribution in [-0.2, 0) is 10.0 Å². The lowest BCUT2D eigenvalue weighted by Gasteiger charge is -2.19. The maximum atomic E-state index is 12.9. The molecule has 0 radical (unpaired) electrons. The van der Waals surface area contributed by atoms with E-state index in [1.165, 1.54) is 18.2 Å². The van der Waals surface area contributed by atoms with Gasteiger partial charge in [-0.15, -0.1) is 0 Å². The van der Waals surface area contributed by atoms with Crippen LogP contribution in [0.2, 0.25) is 0 Å². The van der Waals surface area contributed by atoms with Gasteiger partial charge in [0.05, 0.1) is 25.3 Å². The molecule has 0 fully saturated rings. The Morgan fingerprint density at radius 1 is 1.06 bits per heavy atom. The smallest absolute Gasteiger partial charge is 0.269 e. The lowest BCUT2D eigenvalue weighted by Crippen LogP contribution is -2.36. The standard InChI is InChI=1S/C25H32N2O6S/c1-6-7-8-13-33-21-12-10-18(14-22(21)32-5)17(4)26-24(28)19-9-11-20-23(15-19)34(30,31)27(16(2)3)25(20)29/h9-12,14-17H,6-8,13H2,1-5H3,(H,26,28). The fraction of sp³-hybridized carbons (Fsp3) is 0.440. The Bertz CT molecular complexity index is 1180. The van der Waals surface area contributed by atoms with Crippen molar-refractivity contribution in [2.24, 2.45) is 0 Å². The average Bonchev–Trinajstić information content (AvgIpc) is 3.01. The minimum absolute atomic E-state index is 0.0811. The Morgan fingerprint density at radius 2 is 1.79 bits per heavy atom. The number of hydrogen-bond donors (Lipinski definition) is 1. The maximum absolute atomic E-state index is 12.9. The molecule has 0 aliphatic carbocycles. The van der Waals surface area contributed by atoms with Gasteiger partial charge in [0.25, 0.3) is 21.8 Å². The quantitative estimate of drug-likeness (QED) is 0.500. The highest BCUT2D eigenvalue weighted by molar-refractivity contribution is 7.90. The third-order valence-corrected chi connectivity index (χ3v) is 7.72. The molecule has 1 aliphatic rings. The second kappa shape index (κ2) is 10.5. The predicted molar refractivity (Wildman–Crippen MR) is 129 cm³/mol. The molecule has 1 unspecified atom stereocenters. The van der Waals surface area contributed by atoms with Gasteiger partial charge in [-0.05, 0) is 63.1 Å². The van der Waals surface area contributed by atoms with Gasteiger partial charge in [-0.3, -0.25) is 9.59 Å². The number of unbranched alkanes of at least 4 members (excludes halogenated alkanes) is 2. The predicted octanol–water partition coefficient (Wildman–Crippen LogP) is 4.31. The van der Waals surface area contributed by atoms with E-state index < -0.39 is 27.9 Å². The molecule has 34 heavy (non-hydrogen) atoms. The molecule has 0 saturated heterocycles. The number of fused-ring (bicyclic) bond motifs is 1. The van der Waals surface area contributed by atoms with E-state index >= 15 is 0 Å². The van der Waals surface area contributed by atoms with Gasteiger partial charge in [0.1, 0.15) is 4.90 Å². The van der Waals surface area contributed by atoms with Gasteiger partial charge in [-0.1, -0.05) is 25.8 Å². The second-order valence-electron chi connectivity index (χ2n) is 8.57. The van der Waals surface area contributed by atoms with Crippen molar-refractivity contribution in [1.29, 1.82) is 0 Å². The van der Waals surface area contributed by atoms with Gasteiger partial charge >= 0.3 is 0 Å². The van der Waals surface area contributed by atoms with Crippen LogP contribution in [0.5, 0.6) is 11.5 Å². The van der Waals surface area contributed by atoms with E-state index in [4.69, 9.17) is 9.47 Å². The molecule has 0 saturated carbocycles. The largest absolute Gasteiger partial charge is 0.493 e. The number of ether oxygens (including phenoxy) is 2. The minimum Gasteiger partial charge on any atom is -0.493 e. The molecule has 3 rings (SSSR count). The van der Waals surface area contributed by atoms with Crippen molar-refractivity contribution in [3.8, 4) is 11.5 Å². The number of hydrogen-bond acceptors (Lipinski definition) is 6. The minimum atomic E-state index is -3.98.